The number of ether oxygens (including phenoxy) is 1. The summed E-state index contributed by atoms with van der Waals surface area (Å²) in [5, 5.41) is 12.8. The van der Waals surface area contributed by atoms with Gasteiger partial charge >= 0.3 is 0 Å². The van der Waals surface area contributed by atoms with Crippen molar-refractivity contribution in [2.24, 2.45) is 5.92 Å². The molecule has 0 aliphatic carbocycles. The van der Waals surface area contributed by atoms with E-state index in [-0.39, 0.29) is 6.10 Å². The standard InChI is InChI=1S/C15H25NO2/c1-11(2)15(16-10-9-12(3)17)13-5-7-14(18-4)8-6-13/h5-8,11-12,15-17H,9-10H2,1-4H3/t12-,15-/m0/s1. The Bertz CT molecular complexity index is 333. The summed E-state index contributed by atoms with van der Waals surface area (Å²) in [5.74, 6) is 1.39. The van der Waals surface area contributed by atoms with Gasteiger partial charge in [0.15, 0.2) is 0 Å². The molecule has 0 bridgehead atoms. The van der Waals surface area contributed by atoms with Gasteiger partial charge in [0.25, 0.3) is 0 Å². The zero-order valence-electron chi connectivity index (χ0n) is 11.8. The largest absolute Gasteiger partial charge is 0.497 e. The van der Waals surface area contributed by atoms with E-state index < -0.39 is 0 Å². The lowest BCUT2D eigenvalue weighted by Crippen LogP contribution is -2.28. The quantitative estimate of drug-likeness (QED) is 0.783. The minimum absolute atomic E-state index is 0.249. The molecule has 0 unspecified atom stereocenters. The van der Waals surface area contributed by atoms with Crippen molar-refractivity contribution in [2.75, 3.05) is 13.7 Å². The van der Waals surface area contributed by atoms with Crippen molar-refractivity contribution in [1.82, 2.24) is 5.32 Å². The fraction of sp³-hybridized carbons (Fsp3) is 0.600. The number of aliphatic hydroxyl groups excluding tert-OH is 1. The highest BCUT2D eigenvalue weighted by Gasteiger charge is 2.15. The van der Waals surface area contributed by atoms with Crippen molar-refractivity contribution in [1.29, 1.82) is 0 Å². The summed E-state index contributed by atoms with van der Waals surface area (Å²) >= 11 is 0. The monoisotopic (exact) mass is 251 g/mol. The molecule has 1 aromatic carbocycles. The molecule has 0 fully saturated rings. The van der Waals surface area contributed by atoms with Crippen LogP contribution < -0.4 is 10.1 Å². The van der Waals surface area contributed by atoms with Crippen molar-refractivity contribution >= 4 is 0 Å². The second kappa shape index (κ2) is 7.39. The number of methoxy groups -OCH3 is 1. The van der Waals surface area contributed by atoms with Crippen molar-refractivity contribution in [2.45, 2.75) is 39.3 Å². The van der Waals surface area contributed by atoms with Crippen molar-refractivity contribution in [3.8, 4) is 5.75 Å². The molecule has 102 valence electrons. The first-order valence-corrected chi connectivity index (χ1v) is 6.60. The summed E-state index contributed by atoms with van der Waals surface area (Å²) in [4.78, 5) is 0. The first-order chi connectivity index (χ1) is 8.54. The third-order valence-corrected chi connectivity index (χ3v) is 3.07. The summed E-state index contributed by atoms with van der Waals surface area (Å²) in [6.45, 7) is 7.04. The van der Waals surface area contributed by atoms with Gasteiger partial charge in [-0.05, 0) is 43.5 Å². The Morgan fingerprint density at radius 2 is 1.78 bits per heavy atom. The molecule has 0 aliphatic rings. The summed E-state index contributed by atoms with van der Waals surface area (Å²) in [6.07, 6.45) is 0.528. The van der Waals surface area contributed by atoms with Crippen LogP contribution >= 0.6 is 0 Å². The van der Waals surface area contributed by atoms with Crippen LogP contribution in [0.1, 0.15) is 38.8 Å². The number of nitrogens with one attached hydrogen (secondary N) is 1. The molecular weight excluding hydrogens is 226 g/mol. The molecule has 0 saturated carbocycles. The smallest absolute Gasteiger partial charge is 0.118 e. The van der Waals surface area contributed by atoms with Crippen molar-refractivity contribution < 1.29 is 9.84 Å². The molecule has 0 radical (unpaired) electrons. The lowest BCUT2D eigenvalue weighted by molar-refractivity contribution is 0.180. The van der Waals surface area contributed by atoms with E-state index in [1.807, 2.05) is 19.1 Å². The van der Waals surface area contributed by atoms with Gasteiger partial charge in [-0.15, -0.1) is 0 Å². The van der Waals surface area contributed by atoms with Crippen LogP contribution in [0, 0.1) is 5.92 Å². The summed E-state index contributed by atoms with van der Waals surface area (Å²) in [6, 6.07) is 8.48. The minimum atomic E-state index is -0.249. The third kappa shape index (κ3) is 4.67. The molecule has 0 amide bonds. The molecule has 0 saturated heterocycles. The van der Waals surface area contributed by atoms with E-state index in [0.29, 0.717) is 12.0 Å². The highest BCUT2D eigenvalue weighted by Crippen LogP contribution is 2.23. The molecule has 3 heteroatoms. The summed E-state index contributed by atoms with van der Waals surface area (Å²) in [5.41, 5.74) is 1.26. The van der Waals surface area contributed by atoms with E-state index in [0.717, 1.165) is 18.7 Å². The molecule has 0 aliphatic heterocycles. The van der Waals surface area contributed by atoms with E-state index in [9.17, 15) is 5.11 Å². The summed E-state index contributed by atoms with van der Waals surface area (Å²) in [7, 11) is 1.68. The lowest BCUT2D eigenvalue weighted by Gasteiger charge is -2.23. The minimum Gasteiger partial charge on any atom is -0.497 e. The number of aliphatic hydroxyl groups is 1. The maximum Gasteiger partial charge on any atom is 0.118 e. The first-order valence-electron chi connectivity index (χ1n) is 6.60. The Morgan fingerprint density at radius 3 is 2.22 bits per heavy atom. The molecule has 2 atom stereocenters. The van der Waals surface area contributed by atoms with Gasteiger partial charge in [-0.25, -0.2) is 0 Å². The third-order valence-electron chi connectivity index (χ3n) is 3.07. The molecular formula is C15H25NO2. The molecule has 2 N–H and O–H groups in total. The molecule has 18 heavy (non-hydrogen) atoms. The Labute approximate surface area is 110 Å². The van der Waals surface area contributed by atoms with Crippen LogP contribution in [0.15, 0.2) is 24.3 Å². The van der Waals surface area contributed by atoms with E-state index >= 15 is 0 Å². The normalized spacial score (nSPS) is 14.6. The van der Waals surface area contributed by atoms with E-state index in [1.54, 1.807) is 7.11 Å². The van der Waals surface area contributed by atoms with Crippen LogP contribution in [0.5, 0.6) is 5.75 Å². The topological polar surface area (TPSA) is 41.5 Å². The van der Waals surface area contributed by atoms with Gasteiger partial charge < -0.3 is 15.2 Å². The van der Waals surface area contributed by atoms with Crippen molar-refractivity contribution in [3.05, 3.63) is 29.8 Å². The lowest BCUT2D eigenvalue weighted by atomic mass is 9.96. The fourth-order valence-corrected chi connectivity index (χ4v) is 2.00. The molecule has 0 heterocycles. The van der Waals surface area contributed by atoms with Gasteiger partial charge in [0.2, 0.25) is 0 Å². The second-order valence-electron chi connectivity index (χ2n) is 5.09. The van der Waals surface area contributed by atoms with Gasteiger partial charge in [-0.3, -0.25) is 0 Å². The molecule has 0 spiro atoms. The highest BCUT2D eigenvalue weighted by atomic mass is 16.5. The first kappa shape index (κ1) is 15.0. The van der Waals surface area contributed by atoms with Crippen LogP contribution in [0.4, 0.5) is 0 Å². The SMILES string of the molecule is COc1ccc([C@@H](NCC[C@H](C)O)C(C)C)cc1. The number of hydrogen-bond donors (Lipinski definition) is 2. The van der Waals surface area contributed by atoms with Crippen LogP contribution in [0.2, 0.25) is 0 Å². The Balaban J connectivity index is 2.65. The van der Waals surface area contributed by atoms with Crippen LogP contribution in [0.3, 0.4) is 0 Å². The molecule has 1 aromatic rings. The summed E-state index contributed by atoms with van der Waals surface area (Å²) < 4.78 is 5.17. The van der Waals surface area contributed by atoms with Crippen LogP contribution in [0.25, 0.3) is 0 Å². The average molecular weight is 251 g/mol. The van der Waals surface area contributed by atoms with Gasteiger partial charge in [0, 0.05) is 6.04 Å². The van der Waals surface area contributed by atoms with E-state index in [2.05, 4.69) is 31.3 Å². The highest BCUT2D eigenvalue weighted by molar-refractivity contribution is 5.29. The van der Waals surface area contributed by atoms with Gasteiger partial charge in [-0.2, -0.15) is 0 Å². The van der Waals surface area contributed by atoms with Crippen molar-refractivity contribution in [3.63, 3.8) is 0 Å². The predicted molar refractivity (Wildman–Crippen MR) is 74.9 cm³/mol. The predicted octanol–water partition coefficient (Wildman–Crippen LogP) is 2.75. The van der Waals surface area contributed by atoms with E-state index in [4.69, 9.17) is 4.74 Å². The zero-order chi connectivity index (χ0) is 13.5. The van der Waals surface area contributed by atoms with E-state index in [1.165, 1.54) is 5.56 Å². The van der Waals surface area contributed by atoms with Gasteiger partial charge in [-0.1, -0.05) is 26.0 Å². The van der Waals surface area contributed by atoms with Gasteiger partial charge in [0.1, 0.15) is 5.75 Å². The molecule has 0 aromatic heterocycles. The fourth-order valence-electron chi connectivity index (χ4n) is 2.00. The Hall–Kier alpha value is -1.06. The maximum absolute atomic E-state index is 9.29. The number of benzene rings is 1. The van der Waals surface area contributed by atoms with Gasteiger partial charge in [0.05, 0.1) is 13.2 Å². The Kier molecular flexibility index (Phi) is 6.16. The zero-order valence-corrected chi connectivity index (χ0v) is 11.8. The molecule has 1 rings (SSSR count). The second-order valence-corrected chi connectivity index (χ2v) is 5.09. The molecule has 3 nitrogen and oxygen atoms in total. The van der Waals surface area contributed by atoms with Crippen LogP contribution in [-0.4, -0.2) is 24.9 Å². The van der Waals surface area contributed by atoms with Crippen LogP contribution in [-0.2, 0) is 0 Å². The Morgan fingerprint density at radius 1 is 1.17 bits per heavy atom. The average Bonchev–Trinajstić information content (AvgIpc) is 2.34. The number of hydrogen-bond acceptors (Lipinski definition) is 3. The maximum atomic E-state index is 9.29. The number of rotatable bonds is 7.